The molecule has 0 fully saturated rings. The summed E-state index contributed by atoms with van der Waals surface area (Å²) in [6.07, 6.45) is 0.606. The van der Waals surface area contributed by atoms with Crippen LogP contribution in [-0.4, -0.2) is 15.7 Å². The Labute approximate surface area is 160 Å². The van der Waals surface area contributed by atoms with Gasteiger partial charge in [-0.2, -0.15) is 0 Å². The number of aromatic hydroxyl groups is 1. The minimum Gasteiger partial charge on any atom is -0.507 e. The number of rotatable bonds is 3. The number of phenols is 1. The molecule has 1 N–H and O–H groups in total. The standard InChI is InChI=1S/C21H16N2O3S/c24-19-7-3-1-5-16(19)18-13-21(14-9-11-15(12-10-14)23(25)26)27-20-8-4-2-6-17(20)22-18/h1-12,21,24H,13H2/t21-/m0/s1. The number of non-ortho nitro benzene ring substituents is 1. The normalized spacial score (nSPS) is 16.1. The van der Waals surface area contributed by atoms with Crippen LogP contribution in [0.3, 0.4) is 0 Å². The minimum atomic E-state index is -0.395. The van der Waals surface area contributed by atoms with Gasteiger partial charge in [0.15, 0.2) is 0 Å². The number of nitrogens with zero attached hydrogens (tertiary/aromatic N) is 2. The largest absolute Gasteiger partial charge is 0.507 e. The number of nitro groups is 1. The van der Waals surface area contributed by atoms with E-state index in [9.17, 15) is 15.2 Å². The Balaban J connectivity index is 1.78. The fraction of sp³-hybridized carbons (Fsp3) is 0.0952. The number of thioether (sulfide) groups is 1. The van der Waals surface area contributed by atoms with Crippen LogP contribution < -0.4 is 0 Å². The van der Waals surface area contributed by atoms with Crippen LogP contribution in [-0.2, 0) is 0 Å². The highest BCUT2D eigenvalue weighted by Crippen LogP contribution is 2.46. The van der Waals surface area contributed by atoms with Crippen molar-refractivity contribution in [3.63, 3.8) is 0 Å². The molecule has 0 bridgehead atoms. The van der Waals surface area contributed by atoms with Gasteiger partial charge in [-0.05, 0) is 29.8 Å². The smallest absolute Gasteiger partial charge is 0.269 e. The second-order valence-electron chi connectivity index (χ2n) is 6.20. The average molecular weight is 376 g/mol. The Morgan fingerprint density at radius 1 is 1.00 bits per heavy atom. The lowest BCUT2D eigenvalue weighted by molar-refractivity contribution is -0.384. The predicted octanol–water partition coefficient (Wildman–Crippen LogP) is 5.66. The first kappa shape index (κ1) is 17.3. The molecule has 0 saturated heterocycles. The maximum Gasteiger partial charge on any atom is 0.269 e. The van der Waals surface area contributed by atoms with E-state index in [1.54, 1.807) is 36.0 Å². The molecular formula is C21H16N2O3S. The quantitative estimate of drug-likeness (QED) is 0.473. The molecule has 0 aliphatic carbocycles. The van der Waals surface area contributed by atoms with Gasteiger partial charge in [0.25, 0.3) is 5.69 Å². The van der Waals surface area contributed by atoms with Crippen LogP contribution in [0.25, 0.3) is 0 Å². The zero-order valence-electron chi connectivity index (χ0n) is 14.3. The molecule has 134 valence electrons. The zero-order chi connectivity index (χ0) is 18.8. The Bertz CT molecular complexity index is 1030. The first-order chi connectivity index (χ1) is 13.1. The van der Waals surface area contributed by atoms with Crippen molar-refractivity contribution < 1.29 is 10.0 Å². The summed E-state index contributed by atoms with van der Waals surface area (Å²) in [5, 5.41) is 21.3. The van der Waals surface area contributed by atoms with Gasteiger partial charge in [0, 0.05) is 34.3 Å². The highest BCUT2D eigenvalue weighted by Gasteiger charge is 2.24. The Morgan fingerprint density at radius 2 is 1.70 bits per heavy atom. The SMILES string of the molecule is O=[N+]([O-])c1ccc([C@@H]2CC(c3ccccc3O)=Nc3ccccc3S2)cc1. The lowest BCUT2D eigenvalue weighted by Gasteiger charge is -2.16. The van der Waals surface area contributed by atoms with Crippen LogP contribution >= 0.6 is 11.8 Å². The second-order valence-corrected chi connectivity index (χ2v) is 7.45. The molecule has 27 heavy (non-hydrogen) atoms. The number of phenolic OH excluding ortho intramolecular Hbond substituents is 1. The molecule has 0 radical (unpaired) electrons. The van der Waals surface area contributed by atoms with Gasteiger partial charge in [0.2, 0.25) is 0 Å². The first-order valence-corrected chi connectivity index (χ1v) is 9.36. The van der Waals surface area contributed by atoms with E-state index < -0.39 is 4.92 Å². The molecule has 0 spiro atoms. The van der Waals surface area contributed by atoms with Gasteiger partial charge in [0.05, 0.1) is 16.3 Å². The van der Waals surface area contributed by atoms with Crippen LogP contribution in [0.15, 0.2) is 82.7 Å². The van der Waals surface area contributed by atoms with E-state index in [4.69, 9.17) is 4.99 Å². The van der Waals surface area contributed by atoms with Gasteiger partial charge in [0.1, 0.15) is 5.75 Å². The third-order valence-electron chi connectivity index (χ3n) is 4.46. The van der Waals surface area contributed by atoms with E-state index in [1.165, 1.54) is 12.1 Å². The van der Waals surface area contributed by atoms with Gasteiger partial charge in [-0.1, -0.05) is 36.4 Å². The van der Waals surface area contributed by atoms with E-state index in [0.29, 0.717) is 12.0 Å². The number of fused-ring (bicyclic) bond motifs is 1. The van der Waals surface area contributed by atoms with Gasteiger partial charge in [-0.3, -0.25) is 15.1 Å². The van der Waals surface area contributed by atoms with Crippen molar-refractivity contribution in [1.29, 1.82) is 0 Å². The van der Waals surface area contributed by atoms with Gasteiger partial charge in [-0.15, -0.1) is 11.8 Å². The fourth-order valence-electron chi connectivity index (χ4n) is 3.10. The molecule has 0 unspecified atom stereocenters. The van der Waals surface area contributed by atoms with Crippen LogP contribution in [0, 0.1) is 10.1 Å². The molecular weight excluding hydrogens is 360 g/mol. The summed E-state index contributed by atoms with van der Waals surface area (Å²) in [4.78, 5) is 16.4. The molecule has 3 aromatic rings. The summed E-state index contributed by atoms with van der Waals surface area (Å²) in [6.45, 7) is 0. The van der Waals surface area contributed by atoms with Gasteiger partial charge < -0.3 is 5.11 Å². The first-order valence-electron chi connectivity index (χ1n) is 8.48. The minimum absolute atomic E-state index is 0.0350. The summed E-state index contributed by atoms with van der Waals surface area (Å²) in [6, 6.07) is 21.7. The zero-order valence-corrected chi connectivity index (χ0v) is 15.1. The van der Waals surface area contributed by atoms with Crippen molar-refractivity contribution >= 4 is 28.8 Å². The Morgan fingerprint density at radius 3 is 2.44 bits per heavy atom. The van der Waals surface area contributed by atoms with Crippen LogP contribution in [0.1, 0.15) is 22.8 Å². The van der Waals surface area contributed by atoms with E-state index in [-0.39, 0.29) is 16.7 Å². The third kappa shape index (κ3) is 3.57. The summed E-state index contributed by atoms with van der Waals surface area (Å²) < 4.78 is 0. The molecule has 0 amide bonds. The van der Waals surface area contributed by atoms with Crippen LogP contribution in [0.2, 0.25) is 0 Å². The number of para-hydroxylation sites is 2. The summed E-state index contributed by atoms with van der Waals surface area (Å²) in [5.41, 5.74) is 3.44. The monoisotopic (exact) mass is 376 g/mol. The summed E-state index contributed by atoms with van der Waals surface area (Å²) in [7, 11) is 0. The molecule has 5 nitrogen and oxygen atoms in total. The maximum absolute atomic E-state index is 10.9. The molecule has 4 rings (SSSR count). The molecule has 1 aliphatic rings. The van der Waals surface area contributed by atoms with Crippen molar-refractivity contribution in [2.45, 2.75) is 16.6 Å². The number of hydrogen-bond donors (Lipinski definition) is 1. The maximum atomic E-state index is 10.9. The highest BCUT2D eigenvalue weighted by atomic mass is 32.2. The molecule has 1 aliphatic heterocycles. The molecule has 6 heteroatoms. The number of benzene rings is 3. The van der Waals surface area contributed by atoms with Crippen LogP contribution in [0.5, 0.6) is 5.75 Å². The van der Waals surface area contributed by atoms with E-state index in [1.807, 2.05) is 36.4 Å². The van der Waals surface area contributed by atoms with Crippen LogP contribution in [0.4, 0.5) is 11.4 Å². The Hall–Kier alpha value is -3.12. The molecule has 1 heterocycles. The number of nitro benzene ring substituents is 1. The van der Waals surface area contributed by atoms with Crippen molar-refractivity contribution in [2.24, 2.45) is 4.99 Å². The number of hydrogen-bond acceptors (Lipinski definition) is 5. The molecule has 0 saturated carbocycles. The highest BCUT2D eigenvalue weighted by molar-refractivity contribution is 7.99. The van der Waals surface area contributed by atoms with Gasteiger partial charge >= 0.3 is 0 Å². The number of aliphatic imine (C=N–C) groups is 1. The molecule has 0 aromatic heterocycles. The molecule has 1 atom stereocenters. The topological polar surface area (TPSA) is 75.7 Å². The van der Waals surface area contributed by atoms with E-state index >= 15 is 0 Å². The van der Waals surface area contributed by atoms with E-state index in [2.05, 4.69) is 0 Å². The average Bonchev–Trinajstić information content (AvgIpc) is 2.88. The van der Waals surface area contributed by atoms with Crippen molar-refractivity contribution in [1.82, 2.24) is 0 Å². The lowest BCUT2D eigenvalue weighted by Crippen LogP contribution is -2.05. The van der Waals surface area contributed by atoms with Gasteiger partial charge in [-0.25, -0.2) is 0 Å². The van der Waals surface area contributed by atoms with Crippen molar-refractivity contribution in [3.05, 3.63) is 94.0 Å². The lowest BCUT2D eigenvalue weighted by atomic mass is 10.0. The summed E-state index contributed by atoms with van der Waals surface area (Å²) in [5.74, 6) is 0.197. The third-order valence-corrected chi connectivity index (χ3v) is 5.78. The van der Waals surface area contributed by atoms with Crippen molar-refractivity contribution in [3.8, 4) is 5.75 Å². The Kier molecular flexibility index (Phi) is 4.64. The fourth-order valence-corrected chi connectivity index (χ4v) is 4.33. The molecule has 3 aromatic carbocycles. The van der Waals surface area contributed by atoms with E-state index in [0.717, 1.165) is 21.9 Å². The van der Waals surface area contributed by atoms with Crippen molar-refractivity contribution in [2.75, 3.05) is 0 Å². The second kappa shape index (κ2) is 7.25. The predicted molar refractivity (Wildman–Crippen MR) is 107 cm³/mol. The summed E-state index contributed by atoms with van der Waals surface area (Å²) >= 11 is 1.68.